The second kappa shape index (κ2) is 38.5. The Morgan fingerprint density at radius 2 is 1.15 bits per heavy atom. The predicted molar refractivity (Wildman–Crippen MR) is 426 cm³/mol. The largest absolute Gasteiger partial charge is 0.508 e. The normalized spacial score (nSPS) is 16.9. The zero-order valence-corrected chi connectivity index (χ0v) is 64.8. The maximum atomic E-state index is 13.6. The summed E-state index contributed by atoms with van der Waals surface area (Å²) in [5.74, 6) is -8.98. The number of aromatic nitrogens is 4. The van der Waals surface area contributed by atoms with E-state index in [0.29, 0.717) is 70.1 Å². The lowest BCUT2D eigenvalue weighted by molar-refractivity contribution is -0.145. The van der Waals surface area contributed by atoms with Crippen molar-refractivity contribution in [3.63, 3.8) is 0 Å². The number of benzene rings is 5. The highest BCUT2D eigenvalue weighted by Gasteiger charge is 2.54. The number of ether oxygens (including phenoxy) is 3. The van der Waals surface area contributed by atoms with Crippen LogP contribution in [0, 0.1) is 17.8 Å². The summed E-state index contributed by atoms with van der Waals surface area (Å²) in [5.41, 5.74) is 15.8. The Bertz CT molecular complexity index is 5220. The van der Waals surface area contributed by atoms with Gasteiger partial charge < -0.3 is 120 Å². The number of fused-ring (bicyclic) bond motifs is 8. The molecule has 1 spiro atoms. The Balaban J connectivity index is 0.573. The quantitative estimate of drug-likeness (QED) is 0.00873. The highest BCUT2D eigenvalue weighted by Crippen LogP contribution is 2.58. The number of carboxylic acids is 5. The van der Waals surface area contributed by atoms with Crippen LogP contribution < -0.4 is 80.2 Å². The molecule has 8 atom stereocenters. The first-order valence-electron chi connectivity index (χ1n) is 37.7. The summed E-state index contributed by atoms with van der Waals surface area (Å²) in [6.45, 7) is 0.655. The SMILES string of the molecule is N/C1=C(\N(N)c2ccc(C(=O)NCCCC[C@H](NC(=O)[C@H](CC(=O)O)NC(=O)[C@H](CC(=O)O)NC(=O)[C@H](CC(=O)O)NC(=O)CC[C@H](NC(=O)c3ccc(NCc4cnc5nc(N)nc(O)c5n4)cc3)C(=O)O)C(=O)O)cc2)CC[C@H]2C(CC1)[C@H]2COC(=O)NCCNC(=S)Nc1ccc2c(c1)C(=O)OC21c2ccc(O)cc2Oc2cc(O)ccc21. The van der Waals surface area contributed by atoms with Crippen molar-refractivity contribution >= 4 is 129 Å². The van der Waals surface area contributed by atoms with Gasteiger partial charge in [-0.2, -0.15) is 9.97 Å². The fourth-order valence-electron chi connectivity index (χ4n) is 14.3. The second-order valence-electron chi connectivity index (χ2n) is 28.6. The average Bonchev–Trinajstić information content (AvgIpc) is 1.58. The number of rotatable bonds is 37. The minimum atomic E-state index is -2.20. The van der Waals surface area contributed by atoms with E-state index in [0.717, 1.165) is 6.42 Å². The van der Waals surface area contributed by atoms with Crippen molar-refractivity contribution in [2.24, 2.45) is 29.3 Å². The number of allylic oxidation sites excluding steroid dienone is 2. The van der Waals surface area contributed by atoms with Gasteiger partial charge in [0.05, 0.1) is 61.3 Å². The second-order valence-corrected chi connectivity index (χ2v) is 29.0. The average molecular weight is 1690 g/mol. The number of hydrazine groups is 1. The molecule has 121 heavy (non-hydrogen) atoms. The summed E-state index contributed by atoms with van der Waals surface area (Å²) in [4.78, 5) is 183. The lowest BCUT2D eigenvalue weighted by Crippen LogP contribution is -2.58. The molecule has 636 valence electrons. The summed E-state index contributed by atoms with van der Waals surface area (Å²) >= 11 is 5.52. The molecule has 1 fully saturated rings. The number of phenolic OH excluding ortho intramolecular Hbond substituents is 2. The third-order valence-corrected chi connectivity index (χ3v) is 20.6. The molecule has 0 saturated heterocycles. The fourth-order valence-corrected chi connectivity index (χ4v) is 14.5. The number of anilines is 4. The fraction of sp³-hybridized carbons (Fsp3) is 0.333. The van der Waals surface area contributed by atoms with E-state index in [1.807, 2.05) is 10.6 Å². The monoisotopic (exact) mass is 1690 g/mol. The number of unbranched alkanes of at least 4 members (excludes halogenated alkanes) is 1. The third-order valence-electron chi connectivity index (χ3n) is 20.4. The molecule has 0 radical (unpaired) electrons. The van der Waals surface area contributed by atoms with Gasteiger partial charge in [0, 0.05) is 83.1 Å². The van der Waals surface area contributed by atoms with E-state index in [-0.39, 0.29) is 132 Å². The number of esters is 1. The van der Waals surface area contributed by atoms with E-state index in [4.69, 9.17) is 43.7 Å². The maximum absolute atomic E-state index is 13.6. The summed E-state index contributed by atoms with van der Waals surface area (Å²) in [6, 6.07) is 16.1. The lowest BCUT2D eigenvalue weighted by Gasteiger charge is -2.36. The zero-order valence-electron chi connectivity index (χ0n) is 64.0. The van der Waals surface area contributed by atoms with Crippen molar-refractivity contribution in [1.29, 1.82) is 0 Å². The number of amides is 7. The van der Waals surface area contributed by atoms with E-state index in [1.54, 1.807) is 42.5 Å². The number of nitrogens with two attached hydrogens (primary N) is 3. The van der Waals surface area contributed by atoms with Gasteiger partial charge in [0.25, 0.3) is 11.8 Å². The molecule has 4 aliphatic rings. The Morgan fingerprint density at radius 1 is 0.595 bits per heavy atom. The number of carbonyl (C=O) groups is 13. The molecule has 7 aromatic rings. The minimum Gasteiger partial charge on any atom is -0.508 e. The van der Waals surface area contributed by atoms with Gasteiger partial charge in [-0.05, 0) is 166 Å². The van der Waals surface area contributed by atoms with Gasteiger partial charge in [-0.1, -0.05) is 6.07 Å². The first-order chi connectivity index (χ1) is 57.7. The Morgan fingerprint density at radius 3 is 1.76 bits per heavy atom. The molecule has 2 aliphatic carbocycles. The van der Waals surface area contributed by atoms with E-state index in [1.165, 1.54) is 71.9 Å². The number of phenols is 2. The molecule has 42 nitrogen and oxygen atoms in total. The Kier molecular flexibility index (Phi) is 27.7. The van der Waals surface area contributed by atoms with Crippen LogP contribution in [0.4, 0.5) is 27.8 Å². The van der Waals surface area contributed by atoms with Crippen LogP contribution >= 0.6 is 12.2 Å². The van der Waals surface area contributed by atoms with Crippen molar-refractivity contribution in [2.45, 2.75) is 119 Å². The summed E-state index contributed by atoms with van der Waals surface area (Å²) in [5, 5.41) is 106. The molecule has 4 heterocycles. The topological polar surface area (TPSA) is 665 Å². The molecular formula is C78H84N18O24S. The van der Waals surface area contributed by atoms with E-state index < -0.39 is 151 Å². The number of hydrogen-bond acceptors (Lipinski definition) is 29. The Labute approximate surface area is 690 Å². The molecule has 43 heteroatoms. The molecule has 7 amide bonds. The van der Waals surface area contributed by atoms with Gasteiger partial charge in [-0.25, -0.2) is 35.0 Å². The number of thiocarbonyl (C=S) groups is 1. The number of nitrogens with one attached hydrogen (secondary N) is 10. The van der Waals surface area contributed by atoms with Crippen LogP contribution in [-0.4, -0.2) is 200 Å². The van der Waals surface area contributed by atoms with Gasteiger partial charge in [0.2, 0.25) is 35.5 Å². The van der Waals surface area contributed by atoms with E-state index in [2.05, 4.69) is 62.5 Å². The van der Waals surface area contributed by atoms with Crippen LogP contribution in [-0.2, 0) is 64.8 Å². The highest BCUT2D eigenvalue weighted by atomic mass is 32.1. The molecule has 1 unspecified atom stereocenters. The molecule has 24 N–H and O–H groups in total. The number of aromatic hydroxyl groups is 3. The molecule has 2 aliphatic heterocycles. The van der Waals surface area contributed by atoms with Crippen LogP contribution in [0.2, 0.25) is 0 Å². The van der Waals surface area contributed by atoms with Crippen LogP contribution in [0.1, 0.15) is 131 Å². The van der Waals surface area contributed by atoms with E-state index in [9.17, 15) is 103 Å². The first-order valence-corrected chi connectivity index (χ1v) is 38.2. The summed E-state index contributed by atoms with van der Waals surface area (Å²) < 4.78 is 17.8. The predicted octanol–water partition coefficient (Wildman–Crippen LogP) is 2.31. The number of nitrogen functional groups attached to an aromatic ring is 1. The molecule has 2 aromatic heterocycles. The summed E-state index contributed by atoms with van der Waals surface area (Å²) in [6.07, 6.45) is -1.95. The van der Waals surface area contributed by atoms with Crippen molar-refractivity contribution in [1.82, 2.24) is 62.5 Å². The number of carbonyl (C=O) groups excluding carboxylic acids is 8. The molecule has 0 bridgehead atoms. The van der Waals surface area contributed by atoms with Gasteiger partial charge in [-0.3, -0.25) is 48.2 Å². The van der Waals surface area contributed by atoms with Gasteiger partial charge in [0.15, 0.2) is 21.9 Å². The van der Waals surface area contributed by atoms with Crippen LogP contribution in [0.3, 0.4) is 0 Å². The number of alkyl carbamates (subject to hydrolysis) is 1. The molecular weight excluding hydrogens is 1610 g/mol. The smallest absolute Gasteiger partial charge is 0.407 e. The number of aliphatic carboxylic acids is 5. The van der Waals surface area contributed by atoms with Crippen molar-refractivity contribution in [3.8, 4) is 28.9 Å². The highest BCUT2D eigenvalue weighted by molar-refractivity contribution is 7.80. The number of nitrogens with zero attached hydrogens (tertiary/aromatic N) is 5. The van der Waals surface area contributed by atoms with Crippen molar-refractivity contribution in [3.05, 3.63) is 160 Å². The third kappa shape index (κ3) is 21.9. The lowest BCUT2D eigenvalue weighted by atomic mass is 9.77. The number of hydrogen-bond donors (Lipinski definition) is 21. The minimum absolute atomic E-state index is 0.00223. The first kappa shape index (κ1) is 87.1. The van der Waals surface area contributed by atoms with Crippen LogP contribution in [0.5, 0.6) is 28.9 Å². The standard InChI is InChI=1S/C78H84N18O24S/c79-51-20-15-44-45(47(44)35-118-77(117)84-26-25-83-76(121)88-39-10-17-48-46(27-39)74(116)120-78(48)49-18-13-42(97)28-58(49)119-59-29-43(98)14-19-50(59)78)16-22-57(51)96(81)41-11-6-36(7-12-41)66(106)82-24-2-1-3-52(72(112)113)91-69(109)55(31-62(102)103)93-70(110)56(32-63(104)105)92-68(108)54(30-61(100)101)89-60(99)23-21-53(73(114)115)90-67(107)37-4-8-38(9-5-37)85-33-40-34-86-65-64(87-40)71(111)95-75(80)94-65/h4-14,17-19,27-29,34,44-45,47,52-56,85,97-98H,1-3,15-16,20-26,30-33,35,79,81H2,(H,82,106)(H,84,117)(H,89,99)(H,90,107)(H,91,109)(H,92,108)(H,93,110)(H,100,101)(H,102,103)(H,104,105)(H,112,113)(H,114,115)(H2,83,88,121)(H3,80,86,94,95,111)/b57-51-/t44?,45-,47+,52-,53-,54-,55-,56-/m0/s1. The van der Waals surface area contributed by atoms with Gasteiger partial charge in [-0.15, -0.1) is 0 Å². The van der Waals surface area contributed by atoms with Crippen molar-refractivity contribution < 1.29 is 117 Å². The maximum Gasteiger partial charge on any atom is 0.407 e. The zero-order chi connectivity index (χ0) is 87.1. The molecule has 1 saturated carbocycles. The Hall–Kier alpha value is -14.8. The van der Waals surface area contributed by atoms with Gasteiger partial charge >= 0.3 is 41.9 Å². The van der Waals surface area contributed by atoms with Crippen LogP contribution in [0.15, 0.2) is 121 Å². The van der Waals surface area contributed by atoms with Crippen molar-refractivity contribution in [2.75, 3.05) is 47.6 Å². The van der Waals surface area contributed by atoms with Crippen LogP contribution in [0.25, 0.3) is 11.2 Å². The molecule has 5 aromatic carbocycles. The molecule has 11 rings (SSSR count). The van der Waals surface area contributed by atoms with E-state index >= 15 is 0 Å². The van der Waals surface area contributed by atoms with Gasteiger partial charge in [0.1, 0.15) is 53.2 Å². The summed E-state index contributed by atoms with van der Waals surface area (Å²) in [7, 11) is 0. The number of carboxylic acid groups (broad SMARTS) is 5.